The topological polar surface area (TPSA) is 72.6 Å². The van der Waals surface area contributed by atoms with Gasteiger partial charge in [-0.2, -0.15) is 0 Å². The van der Waals surface area contributed by atoms with E-state index in [4.69, 9.17) is 33.0 Å². The van der Waals surface area contributed by atoms with Gasteiger partial charge in [0.05, 0.1) is 12.1 Å². The average Bonchev–Trinajstić information content (AvgIpc) is 2.77. The molecule has 0 saturated heterocycles. The van der Waals surface area contributed by atoms with Gasteiger partial charge in [-0.05, 0) is 12.1 Å². The van der Waals surface area contributed by atoms with Gasteiger partial charge < -0.3 is 14.4 Å². The second-order valence-corrected chi connectivity index (χ2v) is 4.19. The van der Waals surface area contributed by atoms with Crippen LogP contribution in [0, 0.1) is 0 Å². The molecule has 2 aromatic rings. The van der Waals surface area contributed by atoms with Crippen LogP contribution in [0.1, 0.15) is 10.6 Å². The predicted molar refractivity (Wildman–Crippen MR) is 65.5 cm³/mol. The molecule has 0 amide bonds. The van der Waals surface area contributed by atoms with Crippen LogP contribution in [0.5, 0.6) is 5.75 Å². The van der Waals surface area contributed by atoms with Crippen molar-refractivity contribution < 1.29 is 19.2 Å². The van der Waals surface area contributed by atoms with Gasteiger partial charge in [0.2, 0.25) is 5.76 Å². The monoisotopic (exact) mass is 287 g/mol. The molecule has 1 N–H and O–H groups in total. The van der Waals surface area contributed by atoms with Crippen molar-refractivity contribution in [1.82, 2.24) is 5.16 Å². The van der Waals surface area contributed by atoms with Crippen LogP contribution in [0.25, 0.3) is 11.3 Å². The molecule has 1 aromatic carbocycles. The first-order chi connectivity index (χ1) is 8.52. The van der Waals surface area contributed by atoms with Gasteiger partial charge in [-0.15, -0.1) is 0 Å². The quantitative estimate of drug-likeness (QED) is 0.937. The van der Waals surface area contributed by atoms with Crippen LogP contribution in [-0.4, -0.2) is 23.3 Å². The van der Waals surface area contributed by atoms with E-state index in [1.54, 1.807) is 6.07 Å². The zero-order valence-corrected chi connectivity index (χ0v) is 10.6. The summed E-state index contributed by atoms with van der Waals surface area (Å²) in [5.41, 5.74) is 0.750. The fourth-order valence-electron chi connectivity index (χ4n) is 1.46. The van der Waals surface area contributed by atoms with Crippen LogP contribution in [-0.2, 0) is 0 Å². The van der Waals surface area contributed by atoms with Gasteiger partial charge in [0.25, 0.3) is 0 Å². The van der Waals surface area contributed by atoms with E-state index in [2.05, 4.69) is 9.68 Å². The van der Waals surface area contributed by atoms with Crippen LogP contribution in [0.3, 0.4) is 0 Å². The Kier molecular flexibility index (Phi) is 3.45. The summed E-state index contributed by atoms with van der Waals surface area (Å²) in [4.78, 5) is 10.7. The first-order valence-electron chi connectivity index (χ1n) is 4.76. The molecule has 0 spiro atoms. The Morgan fingerprint density at radius 2 is 2.11 bits per heavy atom. The first-order valence-corrected chi connectivity index (χ1v) is 5.52. The van der Waals surface area contributed by atoms with Gasteiger partial charge in [-0.1, -0.05) is 28.4 Å². The number of aromatic nitrogens is 1. The molecule has 0 aliphatic heterocycles. The number of rotatable bonds is 3. The summed E-state index contributed by atoms with van der Waals surface area (Å²) in [6.07, 6.45) is 0. The highest BCUT2D eigenvalue weighted by molar-refractivity contribution is 6.36. The van der Waals surface area contributed by atoms with Crippen molar-refractivity contribution in [3.05, 3.63) is 34.0 Å². The molecular formula is C11H7Cl2NO4. The summed E-state index contributed by atoms with van der Waals surface area (Å²) >= 11 is 11.9. The number of halogens is 2. The second kappa shape index (κ2) is 4.88. The Bertz CT molecular complexity index is 609. The van der Waals surface area contributed by atoms with Crippen molar-refractivity contribution in [2.75, 3.05) is 7.11 Å². The molecule has 0 atom stereocenters. The van der Waals surface area contributed by atoms with E-state index < -0.39 is 5.97 Å². The molecule has 0 unspecified atom stereocenters. The Morgan fingerprint density at radius 1 is 1.39 bits per heavy atom. The van der Waals surface area contributed by atoms with Gasteiger partial charge in [0.15, 0.2) is 0 Å². The summed E-state index contributed by atoms with van der Waals surface area (Å²) in [6, 6.07) is 4.35. The lowest BCUT2D eigenvalue weighted by Crippen LogP contribution is -1.92. The van der Waals surface area contributed by atoms with E-state index in [1.807, 2.05) is 0 Å². The van der Waals surface area contributed by atoms with Crippen LogP contribution >= 0.6 is 23.2 Å². The van der Waals surface area contributed by atoms with Crippen molar-refractivity contribution in [3.8, 4) is 17.0 Å². The fraction of sp³-hybridized carbons (Fsp3) is 0.0909. The predicted octanol–water partition coefficient (Wildman–Crippen LogP) is 3.36. The summed E-state index contributed by atoms with van der Waals surface area (Å²) in [5, 5.41) is 13.1. The van der Waals surface area contributed by atoms with Crippen LogP contribution in [0.15, 0.2) is 22.7 Å². The zero-order valence-electron chi connectivity index (χ0n) is 9.11. The Morgan fingerprint density at radius 3 is 2.67 bits per heavy atom. The molecule has 1 heterocycles. The maximum atomic E-state index is 10.7. The van der Waals surface area contributed by atoms with Gasteiger partial charge in [-0.25, -0.2) is 4.79 Å². The maximum absolute atomic E-state index is 10.7. The number of aromatic carboxylic acids is 1. The molecule has 0 saturated carbocycles. The Balaban J connectivity index is 2.58. The number of ether oxygens (including phenoxy) is 1. The van der Waals surface area contributed by atoms with E-state index >= 15 is 0 Å². The Hall–Kier alpha value is -1.72. The molecule has 0 fully saturated rings. The number of nitrogens with zero attached hydrogens (tertiary/aromatic N) is 1. The van der Waals surface area contributed by atoms with Crippen molar-refractivity contribution in [2.45, 2.75) is 0 Å². The maximum Gasteiger partial charge on any atom is 0.374 e. The molecule has 1 aromatic heterocycles. The summed E-state index contributed by atoms with van der Waals surface area (Å²) in [6.45, 7) is 0. The Labute approximate surface area is 112 Å². The van der Waals surface area contributed by atoms with Gasteiger partial charge in [0.1, 0.15) is 11.4 Å². The normalized spacial score (nSPS) is 10.4. The third-order valence-electron chi connectivity index (χ3n) is 2.21. The fourth-order valence-corrected chi connectivity index (χ4v) is 2.03. The lowest BCUT2D eigenvalue weighted by Gasteiger charge is -2.08. The van der Waals surface area contributed by atoms with E-state index in [1.165, 1.54) is 19.2 Å². The molecule has 5 nitrogen and oxygen atoms in total. The molecule has 0 radical (unpaired) electrons. The second-order valence-electron chi connectivity index (χ2n) is 3.35. The molecule has 0 aliphatic rings. The highest BCUT2D eigenvalue weighted by Gasteiger charge is 2.18. The van der Waals surface area contributed by atoms with Gasteiger partial charge in [0, 0.05) is 16.7 Å². The van der Waals surface area contributed by atoms with Crippen molar-refractivity contribution in [3.63, 3.8) is 0 Å². The summed E-state index contributed by atoms with van der Waals surface area (Å²) in [5.74, 6) is -1.13. The molecule has 0 aliphatic carbocycles. The summed E-state index contributed by atoms with van der Waals surface area (Å²) < 4.78 is 9.80. The molecule has 7 heteroatoms. The number of hydrogen-bond donors (Lipinski definition) is 1. The first kappa shape index (κ1) is 12.7. The number of hydrogen-bond acceptors (Lipinski definition) is 4. The van der Waals surface area contributed by atoms with Gasteiger partial charge >= 0.3 is 5.97 Å². The standard InChI is InChI=1S/C11H7Cl2NO4/c1-17-10-6(2-5(12)3-7(10)13)8-4-9(11(15)16)18-14-8/h2-4H,1H3,(H,15,16). The lowest BCUT2D eigenvalue weighted by molar-refractivity contribution is 0.0652. The van der Waals surface area contributed by atoms with E-state index in [0.29, 0.717) is 21.4 Å². The van der Waals surface area contributed by atoms with Crippen molar-refractivity contribution >= 4 is 29.2 Å². The van der Waals surface area contributed by atoms with Crippen LogP contribution in [0.2, 0.25) is 10.0 Å². The van der Waals surface area contributed by atoms with Gasteiger partial charge in [-0.3, -0.25) is 0 Å². The van der Waals surface area contributed by atoms with Crippen molar-refractivity contribution in [2.24, 2.45) is 0 Å². The zero-order chi connectivity index (χ0) is 13.3. The highest BCUT2D eigenvalue weighted by atomic mass is 35.5. The van der Waals surface area contributed by atoms with Crippen LogP contribution in [0.4, 0.5) is 0 Å². The minimum atomic E-state index is -1.21. The minimum Gasteiger partial charge on any atom is -0.494 e. The molecule has 94 valence electrons. The third-order valence-corrected chi connectivity index (χ3v) is 2.71. The van der Waals surface area contributed by atoms with Crippen LogP contribution < -0.4 is 4.74 Å². The summed E-state index contributed by atoms with van der Waals surface area (Å²) in [7, 11) is 1.44. The van der Waals surface area contributed by atoms with E-state index in [0.717, 1.165) is 0 Å². The number of benzene rings is 1. The number of methoxy groups -OCH3 is 1. The number of carboxylic acid groups (broad SMARTS) is 1. The molecule has 2 rings (SSSR count). The number of carbonyl (C=O) groups is 1. The smallest absolute Gasteiger partial charge is 0.374 e. The lowest BCUT2D eigenvalue weighted by atomic mass is 10.1. The van der Waals surface area contributed by atoms with Crippen molar-refractivity contribution in [1.29, 1.82) is 0 Å². The molecular weight excluding hydrogens is 281 g/mol. The van der Waals surface area contributed by atoms with E-state index in [9.17, 15) is 4.79 Å². The molecule has 0 bridgehead atoms. The largest absolute Gasteiger partial charge is 0.494 e. The SMILES string of the molecule is COc1c(Cl)cc(Cl)cc1-c1cc(C(=O)O)on1. The highest BCUT2D eigenvalue weighted by Crippen LogP contribution is 2.38. The average molecular weight is 288 g/mol. The minimum absolute atomic E-state index is 0.275. The third kappa shape index (κ3) is 2.27. The number of carboxylic acids is 1. The molecule has 18 heavy (non-hydrogen) atoms. The van der Waals surface area contributed by atoms with E-state index in [-0.39, 0.29) is 11.5 Å².